The number of thiocarbonyl (C=S) groups is 1. The summed E-state index contributed by atoms with van der Waals surface area (Å²) >= 11 is 12.7. The minimum atomic E-state index is 0.732. The zero-order chi connectivity index (χ0) is 8.97. The Balaban J connectivity index is 3.09. The smallest absolute Gasteiger partial charge is 0.0754 e. The van der Waals surface area contributed by atoms with Crippen LogP contribution in [0, 0.1) is 0 Å². The Hall–Kier alpha value is 0.0400. The first kappa shape index (κ1) is 10.1. The van der Waals surface area contributed by atoms with Crippen LogP contribution in [0.2, 0.25) is 5.02 Å². The van der Waals surface area contributed by atoms with Crippen LogP contribution in [0.15, 0.2) is 23.2 Å². The molecule has 1 aromatic rings. The molecule has 0 saturated heterocycles. The molecule has 62 valence electrons. The minimum Gasteiger partial charge on any atom is -0.195 e. The van der Waals surface area contributed by atoms with Gasteiger partial charge in [0.05, 0.1) is 10.8 Å². The van der Waals surface area contributed by atoms with E-state index < -0.39 is 0 Å². The summed E-state index contributed by atoms with van der Waals surface area (Å²) in [6, 6.07) is 5.61. The zero-order valence-corrected chi connectivity index (χ0v) is 9.78. The summed E-state index contributed by atoms with van der Waals surface area (Å²) in [4.78, 5) is 3.82. The quantitative estimate of drug-likeness (QED) is 0.348. The van der Waals surface area contributed by atoms with Crippen LogP contribution in [0.25, 0.3) is 0 Å². The fourth-order valence-corrected chi connectivity index (χ4v) is 2.00. The average Bonchev–Trinajstić information content (AvgIpc) is 2.05. The molecule has 0 unspecified atom stereocenters. The van der Waals surface area contributed by atoms with Crippen LogP contribution in [0.5, 0.6) is 0 Å². The van der Waals surface area contributed by atoms with Crippen LogP contribution in [-0.4, -0.2) is 5.16 Å². The van der Waals surface area contributed by atoms with Crippen LogP contribution >= 0.6 is 46.4 Å². The molecule has 0 aromatic heterocycles. The first-order valence-electron chi connectivity index (χ1n) is 3.20. The number of rotatable bonds is 2. The molecule has 0 heterocycles. The zero-order valence-electron chi connectivity index (χ0n) is 6.05. The summed E-state index contributed by atoms with van der Waals surface area (Å²) in [5, 5.41) is 3.03. The van der Waals surface area contributed by atoms with Gasteiger partial charge < -0.3 is 0 Å². The van der Waals surface area contributed by atoms with Gasteiger partial charge >= 0.3 is 0 Å². The van der Waals surface area contributed by atoms with Crippen molar-refractivity contribution in [3.63, 3.8) is 0 Å². The fraction of sp³-hybridized carbons (Fsp3) is 0.125. The molecule has 0 radical (unpaired) electrons. The lowest BCUT2D eigenvalue weighted by molar-refractivity contribution is 1.43. The maximum Gasteiger partial charge on any atom is 0.0754 e. The summed E-state index contributed by atoms with van der Waals surface area (Å²) in [6.07, 6.45) is 0. The van der Waals surface area contributed by atoms with Crippen molar-refractivity contribution in [2.75, 3.05) is 0 Å². The van der Waals surface area contributed by atoms with Gasteiger partial charge in [-0.05, 0) is 29.9 Å². The lowest BCUT2D eigenvalue weighted by Crippen LogP contribution is -1.77. The molecule has 0 fully saturated rings. The molecule has 0 aliphatic heterocycles. The lowest BCUT2D eigenvalue weighted by Gasteiger charge is -1.99. The van der Waals surface area contributed by atoms with Crippen molar-refractivity contribution in [1.29, 1.82) is 0 Å². The molecule has 0 amide bonds. The summed E-state index contributed by atoms with van der Waals surface area (Å²) < 4.78 is 0.901. The van der Waals surface area contributed by atoms with Gasteiger partial charge in [-0.2, -0.15) is 4.99 Å². The normalized spacial score (nSPS) is 9.17. The number of aliphatic imine (C=N–C) groups is 1. The second kappa shape index (κ2) is 4.92. The van der Waals surface area contributed by atoms with E-state index in [9.17, 15) is 0 Å². The monoisotopic (exact) mass is 309 g/mol. The molecule has 1 nitrogen and oxygen atoms in total. The molecule has 0 N–H and O–H groups in total. The molecule has 1 rings (SSSR count). The highest BCUT2D eigenvalue weighted by atomic mass is 127. The molecule has 1 aromatic carbocycles. The Kier molecular flexibility index (Phi) is 4.15. The number of isothiocyanates is 1. The third-order valence-electron chi connectivity index (χ3n) is 1.36. The first-order valence-corrected chi connectivity index (χ1v) is 5.51. The number of benzene rings is 1. The van der Waals surface area contributed by atoms with E-state index in [0.717, 1.165) is 20.7 Å². The molecule has 0 atom stereocenters. The minimum absolute atomic E-state index is 0.732. The molecule has 12 heavy (non-hydrogen) atoms. The number of hydrogen-bond donors (Lipinski definition) is 0. The van der Waals surface area contributed by atoms with Gasteiger partial charge in [0.15, 0.2) is 0 Å². The van der Waals surface area contributed by atoms with Crippen LogP contribution in [0.1, 0.15) is 5.56 Å². The van der Waals surface area contributed by atoms with Crippen LogP contribution in [0.4, 0.5) is 5.69 Å². The molecule has 0 spiro atoms. The Bertz CT molecular complexity index is 334. The van der Waals surface area contributed by atoms with Gasteiger partial charge in [0.1, 0.15) is 0 Å². The first-order chi connectivity index (χ1) is 5.77. The van der Waals surface area contributed by atoms with Crippen LogP contribution in [0.3, 0.4) is 0 Å². The van der Waals surface area contributed by atoms with E-state index in [1.54, 1.807) is 6.07 Å². The van der Waals surface area contributed by atoms with E-state index in [2.05, 4.69) is 45.0 Å². The molecular formula is C8H5ClINS. The average molecular weight is 310 g/mol. The Morgan fingerprint density at radius 2 is 2.33 bits per heavy atom. The predicted molar refractivity (Wildman–Crippen MR) is 63.9 cm³/mol. The van der Waals surface area contributed by atoms with E-state index in [-0.39, 0.29) is 0 Å². The van der Waals surface area contributed by atoms with Crippen molar-refractivity contribution in [3.8, 4) is 0 Å². The maximum atomic E-state index is 5.94. The fourth-order valence-electron chi connectivity index (χ4n) is 0.767. The largest absolute Gasteiger partial charge is 0.195 e. The van der Waals surface area contributed by atoms with Gasteiger partial charge in [-0.15, -0.1) is 0 Å². The van der Waals surface area contributed by atoms with Gasteiger partial charge in [0.25, 0.3) is 0 Å². The third-order valence-corrected chi connectivity index (χ3v) is 2.62. The van der Waals surface area contributed by atoms with E-state index in [0.29, 0.717) is 0 Å². The van der Waals surface area contributed by atoms with Gasteiger partial charge in [0.2, 0.25) is 0 Å². The Morgan fingerprint density at radius 3 is 2.83 bits per heavy atom. The Morgan fingerprint density at radius 1 is 1.58 bits per heavy atom. The van der Waals surface area contributed by atoms with Crippen LogP contribution in [-0.2, 0) is 4.43 Å². The highest BCUT2D eigenvalue weighted by Crippen LogP contribution is 2.24. The van der Waals surface area contributed by atoms with Crippen molar-refractivity contribution >= 4 is 57.3 Å². The van der Waals surface area contributed by atoms with E-state index in [4.69, 9.17) is 11.6 Å². The summed E-state index contributed by atoms with van der Waals surface area (Å²) in [7, 11) is 0. The molecule has 0 aliphatic rings. The topological polar surface area (TPSA) is 12.4 Å². The summed E-state index contributed by atoms with van der Waals surface area (Å²) in [5.41, 5.74) is 1.86. The van der Waals surface area contributed by atoms with Gasteiger partial charge in [-0.3, -0.25) is 0 Å². The summed E-state index contributed by atoms with van der Waals surface area (Å²) in [5.74, 6) is 0. The number of hydrogen-bond acceptors (Lipinski definition) is 2. The standard InChI is InChI=1S/C8H5ClINS/c9-8-3-7(11-5-12)2-1-6(8)4-10/h1-3H,4H2. The molecule has 0 bridgehead atoms. The van der Waals surface area contributed by atoms with Crippen molar-refractivity contribution in [2.24, 2.45) is 4.99 Å². The van der Waals surface area contributed by atoms with E-state index in [1.165, 1.54) is 0 Å². The van der Waals surface area contributed by atoms with Crippen molar-refractivity contribution in [3.05, 3.63) is 28.8 Å². The van der Waals surface area contributed by atoms with E-state index in [1.807, 2.05) is 12.1 Å². The SMILES string of the molecule is S=C=Nc1ccc(CI)c(Cl)c1. The number of nitrogens with zero attached hydrogens (tertiary/aromatic N) is 1. The highest BCUT2D eigenvalue weighted by molar-refractivity contribution is 14.1. The molecular weight excluding hydrogens is 305 g/mol. The van der Waals surface area contributed by atoms with Crippen molar-refractivity contribution < 1.29 is 0 Å². The third kappa shape index (κ3) is 2.52. The van der Waals surface area contributed by atoms with Crippen LogP contribution < -0.4 is 0 Å². The van der Waals surface area contributed by atoms with Gasteiger partial charge in [-0.1, -0.05) is 40.3 Å². The highest BCUT2D eigenvalue weighted by Gasteiger charge is 1.98. The number of alkyl halides is 1. The molecule has 4 heteroatoms. The lowest BCUT2D eigenvalue weighted by atomic mass is 10.2. The van der Waals surface area contributed by atoms with Crippen molar-refractivity contribution in [1.82, 2.24) is 0 Å². The second-order valence-corrected chi connectivity index (χ2v) is 3.46. The second-order valence-electron chi connectivity index (χ2n) is 2.11. The van der Waals surface area contributed by atoms with Crippen molar-refractivity contribution in [2.45, 2.75) is 4.43 Å². The summed E-state index contributed by atoms with van der Waals surface area (Å²) in [6.45, 7) is 0. The van der Waals surface area contributed by atoms with Gasteiger partial charge in [-0.25, -0.2) is 0 Å². The predicted octanol–water partition coefficient (Wildman–Crippen LogP) is 4.01. The maximum absolute atomic E-state index is 5.94. The number of halogens is 2. The van der Waals surface area contributed by atoms with Gasteiger partial charge in [0, 0.05) is 9.45 Å². The molecule has 0 saturated carbocycles. The molecule has 0 aliphatic carbocycles. The van der Waals surface area contributed by atoms with E-state index >= 15 is 0 Å². The Labute approximate surface area is 95.0 Å².